The minimum atomic E-state index is -0.826. The van der Waals surface area contributed by atoms with E-state index in [-0.39, 0.29) is 17.4 Å². The van der Waals surface area contributed by atoms with Gasteiger partial charge in [-0.15, -0.1) is 0 Å². The van der Waals surface area contributed by atoms with Gasteiger partial charge in [-0.1, -0.05) is 28.1 Å². The van der Waals surface area contributed by atoms with Crippen LogP contribution in [0.2, 0.25) is 0 Å². The van der Waals surface area contributed by atoms with Gasteiger partial charge in [-0.3, -0.25) is 4.79 Å². The van der Waals surface area contributed by atoms with Crippen molar-refractivity contribution in [1.29, 1.82) is 0 Å². The SMILES string of the molecule is CC(C)(C(=O)O)C1CC2(CCN(C(=O)NC3C4CC5CC(C4)CC3C5)CC2)c2c(Br)cccc21. The van der Waals surface area contributed by atoms with Gasteiger partial charge in [0.05, 0.1) is 5.41 Å². The van der Waals surface area contributed by atoms with E-state index >= 15 is 0 Å². The lowest BCUT2D eigenvalue weighted by atomic mass is 9.54. The van der Waals surface area contributed by atoms with Crippen LogP contribution in [-0.4, -0.2) is 41.1 Å². The zero-order valence-corrected chi connectivity index (χ0v) is 21.9. The van der Waals surface area contributed by atoms with Crippen molar-refractivity contribution in [3.8, 4) is 0 Å². The molecule has 0 aromatic heterocycles. The second-order valence-corrected chi connectivity index (χ2v) is 13.5. The molecule has 4 bridgehead atoms. The van der Waals surface area contributed by atoms with Crippen LogP contribution in [0, 0.1) is 29.1 Å². The number of carbonyl (C=O) groups excluding carboxylic acids is 1. The van der Waals surface area contributed by atoms with Gasteiger partial charge in [-0.25, -0.2) is 4.79 Å². The van der Waals surface area contributed by atoms with Gasteiger partial charge in [0, 0.05) is 34.9 Å². The number of hydrogen-bond donors (Lipinski definition) is 2. The lowest BCUT2D eigenvalue weighted by molar-refractivity contribution is -0.148. The highest BCUT2D eigenvalue weighted by molar-refractivity contribution is 9.10. The minimum absolute atomic E-state index is 0.0223. The molecule has 1 heterocycles. The standard InChI is InChI=1S/C28H37BrN2O3/c1-27(2,25(32)33)21-15-28(23-20(21)4-3-5-22(23)29)6-8-31(9-7-28)26(34)30-24-18-11-16-10-17(13-18)14-19(24)12-16/h3-5,16-19,21,24H,6-15H2,1-2H3,(H,30,34)(H,32,33). The molecule has 1 saturated heterocycles. The molecule has 2 N–H and O–H groups in total. The molecule has 6 aliphatic rings. The predicted octanol–water partition coefficient (Wildman–Crippen LogP) is 5.92. The monoisotopic (exact) mass is 528 g/mol. The fourth-order valence-corrected chi connectivity index (χ4v) is 9.58. The largest absolute Gasteiger partial charge is 0.481 e. The summed E-state index contributed by atoms with van der Waals surface area (Å²) in [6.45, 7) is 5.19. The first-order valence-corrected chi connectivity index (χ1v) is 14.0. The summed E-state index contributed by atoms with van der Waals surface area (Å²) in [5.74, 6) is 2.43. The molecule has 2 amide bonds. The van der Waals surface area contributed by atoms with Crippen LogP contribution in [0.1, 0.15) is 82.3 Å². The van der Waals surface area contributed by atoms with E-state index in [1.165, 1.54) is 43.2 Å². The normalized spacial score (nSPS) is 35.4. The zero-order valence-electron chi connectivity index (χ0n) is 20.4. The summed E-state index contributed by atoms with van der Waals surface area (Å²) in [5, 5.41) is 13.5. The summed E-state index contributed by atoms with van der Waals surface area (Å²) in [4.78, 5) is 27.5. The van der Waals surface area contributed by atoms with E-state index in [1.807, 2.05) is 24.8 Å². The van der Waals surface area contributed by atoms with Crippen LogP contribution in [-0.2, 0) is 10.2 Å². The highest BCUT2D eigenvalue weighted by atomic mass is 79.9. The summed E-state index contributed by atoms with van der Waals surface area (Å²) in [6, 6.07) is 6.73. The third-order valence-corrected chi connectivity index (χ3v) is 11.2. The number of amides is 2. The number of benzene rings is 1. The van der Waals surface area contributed by atoms with Crippen molar-refractivity contribution in [3.05, 3.63) is 33.8 Å². The van der Waals surface area contributed by atoms with Gasteiger partial charge in [0.15, 0.2) is 0 Å². The van der Waals surface area contributed by atoms with Crippen LogP contribution < -0.4 is 5.32 Å². The Balaban J connectivity index is 1.17. The van der Waals surface area contributed by atoms with Crippen LogP contribution in [0.15, 0.2) is 22.7 Å². The number of halogens is 1. The molecule has 6 heteroatoms. The Hall–Kier alpha value is -1.56. The van der Waals surface area contributed by atoms with E-state index in [0.717, 1.165) is 48.7 Å². The molecule has 1 aliphatic heterocycles. The molecule has 4 saturated carbocycles. The summed E-state index contributed by atoms with van der Waals surface area (Å²) in [5.41, 5.74) is 1.57. The van der Waals surface area contributed by atoms with Crippen LogP contribution >= 0.6 is 15.9 Å². The molecule has 1 atom stereocenters. The van der Waals surface area contributed by atoms with E-state index in [2.05, 4.69) is 33.4 Å². The number of carboxylic acids is 1. The molecule has 1 unspecified atom stereocenters. The zero-order chi connectivity index (χ0) is 23.8. The van der Waals surface area contributed by atoms with Crippen molar-refractivity contribution in [1.82, 2.24) is 10.2 Å². The minimum Gasteiger partial charge on any atom is -0.481 e. The number of likely N-dealkylation sites (tertiary alicyclic amines) is 1. The first kappa shape index (κ1) is 22.9. The number of urea groups is 1. The van der Waals surface area contributed by atoms with Gasteiger partial charge in [-0.05, 0) is 106 Å². The second kappa shape index (κ2) is 7.97. The van der Waals surface area contributed by atoms with Crippen molar-refractivity contribution in [2.24, 2.45) is 29.1 Å². The van der Waals surface area contributed by atoms with Gasteiger partial charge < -0.3 is 15.3 Å². The second-order valence-electron chi connectivity index (χ2n) is 12.7. The molecule has 34 heavy (non-hydrogen) atoms. The molecule has 1 aromatic carbocycles. The Bertz CT molecular complexity index is 985. The average molecular weight is 530 g/mol. The maximum atomic E-state index is 13.3. The van der Waals surface area contributed by atoms with E-state index in [1.54, 1.807) is 0 Å². The van der Waals surface area contributed by atoms with Gasteiger partial charge in [0.2, 0.25) is 0 Å². The summed E-state index contributed by atoms with van der Waals surface area (Å²) in [7, 11) is 0. The molecule has 5 fully saturated rings. The third-order valence-electron chi connectivity index (χ3n) is 10.5. The highest BCUT2D eigenvalue weighted by Gasteiger charge is 2.53. The van der Waals surface area contributed by atoms with Crippen molar-refractivity contribution in [2.45, 2.75) is 82.6 Å². The Kier molecular flexibility index (Phi) is 5.37. The topological polar surface area (TPSA) is 69.6 Å². The lowest BCUT2D eigenvalue weighted by Gasteiger charge is -2.54. The Morgan fingerprint density at radius 2 is 1.68 bits per heavy atom. The van der Waals surface area contributed by atoms with Crippen LogP contribution in [0.25, 0.3) is 0 Å². The maximum absolute atomic E-state index is 13.3. The average Bonchev–Trinajstić information content (AvgIpc) is 3.12. The smallest absolute Gasteiger partial charge is 0.317 e. The molecular formula is C28H37BrN2O3. The molecule has 0 radical (unpaired) electrons. The van der Waals surface area contributed by atoms with Crippen LogP contribution in [0.3, 0.4) is 0 Å². The van der Waals surface area contributed by atoms with Gasteiger partial charge in [0.1, 0.15) is 0 Å². The Labute approximate surface area is 211 Å². The number of carbonyl (C=O) groups is 2. The first-order chi connectivity index (χ1) is 16.2. The van der Waals surface area contributed by atoms with Crippen molar-refractivity contribution >= 4 is 27.9 Å². The number of nitrogens with zero attached hydrogens (tertiary/aromatic N) is 1. The molecule has 7 rings (SSSR count). The first-order valence-electron chi connectivity index (χ1n) is 13.3. The maximum Gasteiger partial charge on any atom is 0.317 e. The quantitative estimate of drug-likeness (QED) is 0.511. The third kappa shape index (κ3) is 3.45. The van der Waals surface area contributed by atoms with Crippen molar-refractivity contribution in [2.75, 3.05) is 13.1 Å². The molecule has 5 aliphatic carbocycles. The van der Waals surface area contributed by atoms with Gasteiger partial charge in [0.25, 0.3) is 0 Å². The number of rotatable bonds is 3. The molecule has 184 valence electrons. The fourth-order valence-electron chi connectivity index (χ4n) is 8.77. The number of nitrogens with one attached hydrogen (secondary N) is 1. The molecule has 1 aromatic rings. The van der Waals surface area contributed by atoms with Gasteiger partial charge in [-0.2, -0.15) is 0 Å². The lowest BCUT2D eigenvalue weighted by Crippen LogP contribution is -2.59. The molecule has 5 nitrogen and oxygen atoms in total. The molecule has 1 spiro atoms. The summed E-state index contributed by atoms with van der Waals surface area (Å²) in [6.07, 6.45) is 9.31. The number of fused-ring (bicyclic) bond motifs is 2. The summed E-state index contributed by atoms with van der Waals surface area (Å²) < 4.78 is 1.08. The van der Waals surface area contributed by atoms with E-state index in [9.17, 15) is 14.7 Å². The van der Waals surface area contributed by atoms with E-state index < -0.39 is 11.4 Å². The van der Waals surface area contributed by atoms with Crippen molar-refractivity contribution < 1.29 is 14.7 Å². The van der Waals surface area contributed by atoms with Crippen molar-refractivity contribution in [3.63, 3.8) is 0 Å². The summed E-state index contributed by atoms with van der Waals surface area (Å²) >= 11 is 3.79. The van der Waals surface area contributed by atoms with Crippen LogP contribution in [0.4, 0.5) is 4.79 Å². The highest BCUT2D eigenvalue weighted by Crippen LogP contribution is 2.59. The Morgan fingerprint density at radius 3 is 2.26 bits per heavy atom. The van der Waals surface area contributed by atoms with E-state index in [4.69, 9.17) is 0 Å². The van der Waals surface area contributed by atoms with E-state index in [0.29, 0.717) is 17.9 Å². The number of hydrogen-bond acceptors (Lipinski definition) is 2. The number of carboxylic acid groups (broad SMARTS) is 1. The Morgan fingerprint density at radius 1 is 1.06 bits per heavy atom. The number of piperidine rings is 1. The van der Waals surface area contributed by atoms with Gasteiger partial charge >= 0.3 is 12.0 Å². The van der Waals surface area contributed by atoms with Crippen LogP contribution in [0.5, 0.6) is 0 Å². The number of aliphatic carboxylic acids is 1. The predicted molar refractivity (Wildman–Crippen MR) is 135 cm³/mol. The molecular weight excluding hydrogens is 492 g/mol. The fraction of sp³-hybridized carbons (Fsp3) is 0.714.